The number of aromatic hydroxyl groups is 1. The standard InChI is InChI=1S/C21H20N4O5S/c1-10-9-21(2,3)25-17-12(10)6-11(29-4)7-13(17)16(19(25)28)23-24-20-22-18(27)14(31-20)8-15(26)30-5/h6-9,28H,1-5H3/b14-8-,24-23?. The zero-order valence-corrected chi connectivity index (χ0v) is 18.4. The molecule has 2 aliphatic heterocycles. The second-order valence-corrected chi connectivity index (χ2v) is 8.60. The zero-order valence-electron chi connectivity index (χ0n) is 17.6. The molecule has 0 fully saturated rings. The van der Waals surface area contributed by atoms with Gasteiger partial charge in [0.2, 0.25) is 11.0 Å². The predicted molar refractivity (Wildman–Crippen MR) is 118 cm³/mol. The Kier molecular flexibility index (Phi) is 4.97. The number of hydrogen-bond donors (Lipinski definition) is 1. The summed E-state index contributed by atoms with van der Waals surface area (Å²) in [7, 11) is 2.79. The van der Waals surface area contributed by atoms with Gasteiger partial charge in [0.1, 0.15) is 5.75 Å². The van der Waals surface area contributed by atoms with Crippen LogP contribution in [-0.2, 0) is 19.9 Å². The number of carbonyl (C=O) groups is 2. The molecule has 1 aromatic heterocycles. The average Bonchev–Trinajstić information content (AvgIpc) is 3.20. The van der Waals surface area contributed by atoms with E-state index in [0.717, 1.165) is 34.5 Å². The van der Waals surface area contributed by atoms with Crippen molar-refractivity contribution < 1.29 is 24.2 Å². The number of esters is 1. The van der Waals surface area contributed by atoms with Crippen LogP contribution in [0.1, 0.15) is 26.3 Å². The van der Waals surface area contributed by atoms with Gasteiger partial charge in [-0.1, -0.05) is 6.08 Å². The normalized spacial score (nSPS) is 18.6. The van der Waals surface area contributed by atoms with E-state index in [4.69, 9.17) is 4.74 Å². The number of allylic oxidation sites excluding steroid dienone is 2. The third-order valence-electron chi connectivity index (χ3n) is 5.09. The number of benzene rings is 1. The van der Waals surface area contributed by atoms with Crippen LogP contribution in [0.5, 0.6) is 11.6 Å². The maximum absolute atomic E-state index is 12.0. The molecular weight excluding hydrogens is 420 g/mol. The van der Waals surface area contributed by atoms with E-state index in [1.54, 1.807) is 17.7 Å². The lowest BCUT2D eigenvalue weighted by atomic mass is 9.92. The van der Waals surface area contributed by atoms with Crippen LogP contribution in [0, 0.1) is 0 Å². The van der Waals surface area contributed by atoms with Crippen molar-refractivity contribution in [1.82, 2.24) is 4.57 Å². The van der Waals surface area contributed by atoms with Gasteiger partial charge < -0.3 is 19.1 Å². The topological polar surface area (TPSA) is 115 Å². The van der Waals surface area contributed by atoms with Gasteiger partial charge in [0.05, 0.1) is 30.2 Å². The van der Waals surface area contributed by atoms with Crippen molar-refractivity contribution >= 4 is 51.0 Å². The summed E-state index contributed by atoms with van der Waals surface area (Å²) in [5, 5.41) is 20.0. The summed E-state index contributed by atoms with van der Waals surface area (Å²) in [6.07, 6.45) is 3.12. The zero-order chi connectivity index (χ0) is 22.5. The van der Waals surface area contributed by atoms with E-state index in [-0.39, 0.29) is 21.6 Å². The van der Waals surface area contributed by atoms with Gasteiger partial charge in [0.25, 0.3) is 5.91 Å². The lowest BCUT2D eigenvalue weighted by Gasteiger charge is -2.31. The van der Waals surface area contributed by atoms with Gasteiger partial charge in [-0.2, -0.15) is 4.99 Å². The highest BCUT2D eigenvalue weighted by atomic mass is 32.2. The summed E-state index contributed by atoms with van der Waals surface area (Å²) in [6, 6.07) is 3.70. The van der Waals surface area contributed by atoms with E-state index < -0.39 is 17.4 Å². The number of methoxy groups -OCH3 is 2. The highest BCUT2D eigenvalue weighted by Crippen LogP contribution is 2.49. The van der Waals surface area contributed by atoms with Gasteiger partial charge in [0.15, 0.2) is 5.69 Å². The molecule has 1 aromatic carbocycles. The van der Waals surface area contributed by atoms with E-state index in [9.17, 15) is 14.7 Å². The molecule has 0 bridgehead atoms. The highest BCUT2D eigenvalue weighted by molar-refractivity contribution is 8.18. The molecule has 0 saturated carbocycles. The first-order chi connectivity index (χ1) is 14.7. The fraction of sp³-hybridized carbons (Fsp3) is 0.286. The van der Waals surface area contributed by atoms with Crippen molar-refractivity contribution in [2.45, 2.75) is 26.3 Å². The molecule has 0 atom stereocenters. The molecule has 10 heteroatoms. The number of hydrogen-bond acceptors (Lipinski definition) is 8. The van der Waals surface area contributed by atoms with Gasteiger partial charge in [-0.05, 0) is 50.2 Å². The monoisotopic (exact) mass is 440 g/mol. The number of thioether (sulfide) groups is 1. The summed E-state index contributed by atoms with van der Waals surface area (Å²) in [5.41, 5.74) is 2.55. The van der Waals surface area contributed by atoms with Crippen molar-refractivity contribution in [2.75, 3.05) is 14.2 Å². The number of amides is 1. The van der Waals surface area contributed by atoms with E-state index in [2.05, 4.69) is 26.0 Å². The first kappa shape index (κ1) is 20.9. The molecule has 4 rings (SSSR count). The molecule has 3 heterocycles. The van der Waals surface area contributed by atoms with Gasteiger partial charge in [-0.15, -0.1) is 10.2 Å². The van der Waals surface area contributed by atoms with Crippen LogP contribution >= 0.6 is 11.8 Å². The third-order valence-corrected chi connectivity index (χ3v) is 5.96. The molecule has 160 valence electrons. The maximum atomic E-state index is 12.0. The van der Waals surface area contributed by atoms with Crippen LogP contribution in [0.3, 0.4) is 0 Å². The molecule has 1 N–H and O–H groups in total. The Morgan fingerprint density at radius 3 is 2.71 bits per heavy atom. The first-order valence-corrected chi connectivity index (χ1v) is 10.2. The summed E-state index contributed by atoms with van der Waals surface area (Å²) in [4.78, 5) is 27.2. The molecule has 0 radical (unpaired) electrons. The molecule has 31 heavy (non-hydrogen) atoms. The Morgan fingerprint density at radius 2 is 2.03 bits per heavy atom. The largest absolute Gasteiger partial charge is 0.497 e. The summed E-state index contributed by atoms with van der Waals surface area (Å²) >= 11 is 0.906. The van der Waals surface area contributed by atoms with Gasteiger partial charge in [-0.25, -0.2) is 4.79 Å². The van der Waals surface area contributed by atoms with Crippen molar-refractivity contribution in [1.29, 1.82) is 0 Å². The maximum Gasteiger partial charge on any atom is 0.331 e. The minimum atomic E-state index is -0.659. The minimum absolute atomic E-state index is 0.0535. The predicted octanol–water partition coefficient (Wildman–Crippen LogP) is 4.28. The molecule has 9 nitrogen and oxygen atoms in total. The third kappa shape index (κ3) is 3.42. The number of aliphatic imine (C=N–C) groups is 1. The summed E-state index contributed by atoms with van der Waals surface area (Å²) in [6.45, 7) is 5.99. The Balaban J connectivity index is 1.81. The quantitative estimate of drug-likeness (QED) is 0.433. The lowest BCUT2D eigenvalue weighted by Crippen LogP contribution is -2.26. The Morgan fingerprint density at radius 1 is 1.29 bits per heavy atom. The van der Waals surface area contributed by atoms with Crippen LogP contribution in [0.15, 0.2) is 44.4 Å². The molecular formula is C21H20N4O5S. The lowest BCUT2D eigenvalue weighted by molar-refractivity contribution is -0.135. The Hall–Kier alpha value is -3.40. The van der Waals surface area contributed by atoms with E-state index in [1.165, 1.54) is 7.11 Å². The van der Waals surface area contributed by atoms with Crippen molar-refractivity contribution in [3.8, 4) is 11.6 Å². The van der Waals surface area contributed by atoms with E-state index >= 15 is 0 Å². The number of amidine groups is 1. The molecule has 2 aromatic rings. The number of azo groups is 1. The molecule has 2 aliphatic rings. The fourth-order valence-electron chi connectivity index (χ4n) is 3.81. The first-order valence-electron chi connectivity index (χ1n) is 9.34. The molecule has 0 aliphatic carbocycles. The van der Waals surface area contributed by atoms with Crippen molar-refractivity contribution in [2.24, 2.45) is 15.2 Å². The van der Waals surface area contributed by atoms with Gasteiger partial charge >= 0.3 is 5.97 Å². The molecule has 0 spiro atoms. The Labute approximate surface area is 182 Å². The van der Waals surface area contributed by atoms with Crippen molar-refractivity contribution in [3.05, 3.63) is 34.8 Å². The van der Waals surface area contributed by atoms with Crippen LogP contribution < -0.4 is 4.74 Å². The number of aromatic nitrogens is 1. The minimum Gasteiger partial charge on any atom is -0.497 e. The van der Waals surface area contributed by atoms with Crippen LogP contribution in [-0.4, -0.2) is 40.9 Å². The Bertz CT molecular complexity index is 1270. The molecule has 0 saturated heterocycles. The number of ether oxygens (including phenoxy) is 2. The molecule has 1 amide bonds. The summed E-state index contributed by atoms with van der Waals surface area (Å²) in [5.74, 6) is -0.691. The smallest absolute Gasteiger partial charge is 0.331 e. The van der Waals surface area contributed by atoms with E-state index in [0.29, 0.717) is 11.1 Å². The number of nitrogens with zero attached hydrogens (tertiary/aromatic N) is 4. The molecule has 0 unspecified atom stereocenters. The summed E-state index contributed by atoms with van der Waals surface area (Å²) < 4.78 is 11.8. The van der Waals surface area contributed by atoms with E-state index in [1.807, 2.05) is 26.8 Å². The second kappa shape index (κ2) is 7.38. The van der Waals surface area contributed by atoms with Crippen LogP contribution in [0.2, 0.25) is 0 Å². The second-order valence-electron chi connectivity index (χ2n) is 7.59. The number of rotatable bonds is 3. The average molecular weight is 440 g/mol. The highest BCUT2D eigenvalue weighted by Gasteiger charge is 2.33. The van der Waals surface area contributed by atoms with Gasteiger partial charge in [-0.3, -0.25) is 4.79 Å². The van der Waals surface area contributed by atoms with Crippen LogP contribution in [0.4, 0.5) is 5.69 Å². The SMILES string of the molecule is COC(=O)/C=C1\SC(N=Nc2c(O)n3c4c(cc(OC)cc24)C(C)=CC3(C)C)=NC1=O. The van der Waals surface area contributed by atoms with Crippen molar-refractivity contribution in [3.63, 3.8) is 0 Å². The fourth-order valence-corrected chi connectivity index (χ4v) is 4.51. The van der Waals surface area contributed by atoms with Crippen LogP contribution in [0.25, 0.3) is 16.5 Å². The van der Waals surface area contributed by atoms with Gasteiger partial charge in [0, 0.05) is 17.0 Å². The number of carbonyl (C=O) groups excluding carboxylic acids is 2.